The van der Waals surface area contributed by atoms with Crippen molar-refractivity contribution in [3.63, 3.8) is 0 Å². The van der Waals surface area contributed by atoms with Crippen molar-refractivity contribution in [2.24, 2.45) is 0 Å². The average Bonchev–Trinajstić information content (AvgIpc) is 2.51. The van der Waals surface area contributed by atoms with Crippen LogP contribution < -0.4 is 5.32 Å². The van der Waals surface area contributed by atoms with E-state index in [0.717, 1.165) is 12.2 Å². The van der Waals surface area contributed by atoms with Crippen LogP contribution in [0, 0.1) is 0 Å². The van der Waals surface area contributed by atoms with Crippen molar-refractivity contribution >= 4 is 11.6 Å². The highest BCUT2D eigenvalue weighted by Crippen LogP contribution is 2.13. The zero-order valence-corrected chi connectivity index (χ0v) is 9.27. The van der Waals surface area contributed by atoms with Crippen LogP contribution in [0.4, 0.5) is 0 Å². The van der Waals surface area contributed by atoms with Crippen LogP contribution in [0.25, 0.3) is 0 Å². The minimum Gasteiger partial charge on any atom is -0.448 e. The predicted molar refractivity (Wildman–Crippen MR) is 56.3 cm³/mol. The second-order valence-electron chi connectivity index (χ2n) is 3.66. The minimum atomic E-state index is -0.656. The number of hydrogen-bond donors (Lipinski definition) is 2. The molecule has 2 N–H and O–H groups in total. The lowest BCUT2D eigenvalue weighted by Crippen LogP contribution is -2.36. The van der Waals surface area contributed by atoms with Crippen molar-refractivity contribution < 1.29 is 9.52 Å². The quantitative estimate of drug-likeness (QED) is 0.795. The fraction of sp³-hybridized carbons (Fsp3) is 0.600. The Labute approximate surface area is 89.1 Å². The van der Waals surface area contributed by atoms with E-state index in [-0.39, 0.29) is 0 Å². The molecule has 0 spiro atoms. The fourth-order valence-corrected chi connectivity index (χ4v) is 1.19. The number of aliphatic hydroxyl groups is 1. The molecule has 3 nitrogen and oxygen atoms in total. The summed E-state index contributed by atoms with van der Waals surface area (Å²) in [5.41, 5.74) is -0.656. The molecule has 1 rings (SSSR count). The summed E-state index contributed by atoms with van der Waals surface area (Å²) < 4.78 is 5.15. The normalized spacial score (nSPS) is 15.4. The molecule has 1 unspecified atom stereocenters. The second kappa shape index (κ2) is 4.82. The molecule has 1 aromatic rings. The average molecular weight is 218 g/mol. The van der Waals surface area contributed by atoms with Gasteiger partial charge in [0.25, 0.3) is 0 Å². The summed E-state index contributed by atoms with van der Waals surface area (Å²) in [5.74, 6) is 0.780. The summed E-state index contributed by atoms with van der Waals surface area (Å²) in [4.78, 5) is 0. The smallest absolute Gasteiger partial charge is 0.193 e. The topological polar surface area (TPSA) is 45.4 Å². The summed E-state index contributed by atoms with van der Waals surface area (Å²) in [6, 6.07) is 3.52. The van der Waals surface area contributed by atoms with Crippen molar-refractivity contribution in [1.29, 1.82) is 0 Å². The van der Waals surface area contributed by atoms with Gasteiger partial charge in [0.1, 0.15) is 5.76 Å². The number of rotatable bonds is 5. The summed E-state index contributed by atoms with van der Waals surface area (Å²) in [5, 5.41) is 13.2. The SMILES string of the molecule is CCC(C)(O)CNCc1ccc(Cl)o1. The number of furan rings is 1. The molecule has 4 heteroatoms. The maximum atomic E-state index is 9.69. The Balaban J connectivity index is 2.28. The molecule has 0 radical (unpaired) electrons. The van der Waals surface area contributed by atoms with Gasteiger partial charge in [0.15, 0.2) is 5.22 Å². The van der Waals surface area contributed by atoms with E-state index in [1.165, 1.54) is 0 Å². The zero-order valence-electron chi connectivity index (χ0n) is 8.51. The minimum absolute atomic E-state index is 0.393. The van der Waals surface area contributed by atoms with Gasteiger partial charge in [-0.2, -0.15) is 0 Å². The lowest BCUT2D eigenvalue weighted by Gasteiger charge is -2.21. The largest absolute Gasteiger partial charge is 0.448 e. The molecular formula is C10H16ClNO2. The fourth-order valence-electron chi connectivity index (χ4n) is 1.03. The van der Waals surface area contributed by atoms with Crippen LogP contribution >= 0.6 is 11.6 Å². The third-order valence-corrected chi connectivity index (χ3v) is 2.40. The summed E-state index contributed by atoms with van der Waals surface area (Å²) in [6.45, 7) is 4.88. The monoisotopic (exact) mass is 217 g/mol. The Kier molecular flexibility index (Phi) is 3.98. The highest BCUT2D eigenvalue weighted by atomic mass is 35.5. The molecular weight excluding hydrogens is 202 g/mol. The molecule has 0 amide bonds. The zero-order chi connectivity index (χ0) is 10.6. The summed E-state index contributed by atoms with van der Waals surface area (Å²) in [6.07, 6.45) is 0.721. The molecule has 1 aromatic heterocycles. The van der Waals surface area contributed by atoms with Gasteiger partial charge in [0.05, 0.1) is 12.1 Å². The molecule has 1 heterocycles. The van der Waals surface area contributed by atoms with E-state index in [9.17, 15) is 5.11 Å². The molecule has 80 valence electrons. The Morgan fingerprint density at radius 3 is 2.79 bits per heavy atom. The van der Waals surface area contributed by atoms with Crippen molar-refractivity contribution in [1.82, 2.24) is 5.32 Å². The van der Waals surface area contributed by atoms with Crippen LogP contribution in [0.1, 0.15) is 26.0 Å². The van der Waals surface area contributed by atoms with Gasteiger partial charge >= 0.3 is 0 Å². The molecule has 0 aliphatic rings. The van der Waals surface area contributed by atoms with E-state index in [2.05, 4.69) is 5.32 Å². The first-order valence-electron chi connectivity index (χ1n) is 4.71. The van der Waals surface area contributed by atoms with E-state index in [1.54, 1.807) is 13.0 Å². The Morgan fingerprint density at radius 2 is 2.29 bits per heavy atom. The number of nitrogens with one attached hydrogen (secondary N) is 1. The molecule has 1 atom stereocenters. The van der Waals surface area contributed by atoms with Gasteiger partial charge in [-0.1, -0.05) is 6.92 Å². The van der Waals surface area contributed by atoms with Crippen LogP contribution in [0.2, 0.25) is 5.22 Å². The van der Waals surface area contributed by atoms with Gasteiger partial charge in [0.2, 0.25) is 0 Å². The Morgan fingerprint density at radius 1 is 1.57 bits per heavy atom. The van der Waals surface area contributed by atoms with Crippen molar-refractivity contribution in [2.45, 2.75) is 32.4 Å². The molecule has 14 heavy (non-hydrogen) atoms. The highest BCUT2D eigenvalue weighted by Gasteiger charge is 2.16. The molecule has 0 saturated heterocycles. The lowest BCUT2D eigenvalue weighted by atomic mass is 10.0. The molecule has 0 saturated carbocycles. The van der Waals surface area contributed by atoms with Crippen molar-refractivity contribution in [2.75, 3.05) is 6.54 Å². The second-order valence-corrected chi connectivity index (χ2v) is 4.03. The Hall–Kier alpha value is -0.510. The first-order chi connectivity index (χ1) is 6.53. The maximum absolute atomic E-state index is 9.69. The van der Waals surface area contributed by atoms with E-state index in [0.29, 0.717) is 18.3 Å². The van der Waals surface area contributed by atoms with Crippen LogP contribution in [0.5, 0.6) is 0 Å². The molecule has 0 aliphatic carbocycles. The van der Waals surface area contributed by atoms with Gasteiger partial charge in [0, 0.05) is 6.54 Å². The summed E-state index contributed by atoms with van der Waals surface area (Å²) in [7, 11) is 0. The molecule has 0 aliphatic heterocycles. The maximum Gasteiger partial charge on any atom is 0.193 e. The standard InChI is InChI=1S/C10H16ClNO2/c1-3-10(2,13)7-12-6-8-4-5-9(11)14-8/h4-5,12-13H,3,6-7H2,1-2H3. The van der Waals surface area contributed by atoms with Crippen molar-refractivity contribution in [3.8, 4) is 0 Å². The van der Waals surface area contributed by atoms with Gasteiger partial charge in [-0.05, 0) is 37.1 Å². The van der Waals surface area contributed by atoms with Crippen molar-refractivity contribution in [3.05, 3.63) is 23.1 Å². The first kappa shape index (κ1) is 11.6. The van der Waals surface area contributed by atoms with Crippen LogP contribution in [-0.2, 0) is 6.54 Å². The van der Waals surface area contributed by atoms with E-state index < -0.39 is 5.60 Å². The van der Waals surface area contributed by atoms with Gasteiger partial charge in [-0.15, -0.1) is 0 Å². The third-order valence-electron chi connectivity index (χ3n) is 2.20. The van der Waals surface area contributed by atoms with Crippen LogP contribution in [-0.4, -0.2) is 17.3 Å². The predicted octanol–water partition coefficient (Wildman–Crippen LogP) is 2.18. The number of hydrogen-bond acceptors (Lipinski definition) is 3. The third kappa shape index (κ3) is 3.70. The van der Waals surface area contributed by atoms with E-state index in [1.807, 2.05) is 13.0 Å². The van der Waals surface area contributed by atoms with Gasteiger partial charge in [-0.3, -0.25) is 0 Å². The van der Waals surface area contributed by atoms with Crippen LogP contribution in [0.3, 0.4) is 0 Å². The van der Waals surface area contributed by atoms with Gasteiger partial charge < -0.3 is 14.8 Å². The van der Waals surface area contributed by atoms with Crippen LogP contribution in [0.15, 0.2) is 16.5 Å². The molecule has 0 fully saturated rings. The number of halogens is 1. The van der Waals surface area contributed by atoms with E-state index in [4.69, 9.17) is 16.0 Å². The van der Waals surface area contributed by atoms with Gasteiger partial charge in [-0.25, -0.2) is 0 Å². The summed E-state index contributed by atoms with van der Waals surface area (Å²) >= 11 is 5.61. The Bertz CT molecular complexity index is 283. The first-order valence-corrected chi connectivity index (χ1v) is 5.08. The van der Waals surface area contributed by atoms with E-state index >= 15 is 0 Å². The molecule has 0 bridgehead atoms. The molecule has 0 aromatic carbocycles. The highest BCUT2D eigenvalue weighted by molar-refractivity contribution is 6.28. The lowest BCUT2D eigenvalue weighted by molar-refractivity contribution is 0.0551.